The van der Waals surface area contributed by atoms with E-state index >= 15 is 0 Å². The minimum atomic E-state index is -0.312. The van der Waals surface area contributed by atoms with Gasteiger partial charge in [-0.2, -0.15) is 10.4 Å². The van der Waals surface area contributed by atoms with Gasteiger partial charge in [0.2, 0.25) is 0 Å². The standard InChI is InChI=1S/C25H24N4O3/c1-18(17-31-3)32-23-15-21(8-7-19-5-4-6-20(13-19)9-11-26)14-22(16-23)25(30)27-24-10-12-29(2)28-24/h4-6,10,12-16,18H,9,17H2,1-3H3,(H,27,28,30)/t18-/m0/s1. The molecule has 3 rings (SSSR count). The van der Waals surface area contributed by atoms with E-state index in [0.717, 1.165) is 11.1 Å². The number of aromatic nitrogens is 2. The Bertz CT molecular complexity index is 1200. The number of anilines is 1. The van der Waals surface area contributed by atoms with Crippen LogP contribution in [0.4, 0.5) is 5.82 Å². The first kappa shape index (κ1) is 22.6. The summed E-state index contributed by atoms with van der Waals surface area (Å²) in [4.78, 5) is 12.8. The van der Waals surface area contributed by atoms with Gasteiger partial charge in [-0.1, -0.05) is 24.0 Å². The third-order valence-electron chi connectivity index (χ3n) is 4.42. The molecule has 0 saturated heterocycles. The number of benzene rings is 2. The highest BCUT2D eigenvalue weighted by Crippen LogP contribution is 2.20. The van der Waals surface area contributed by atoms with Gasteiger partial charge in [-0.3, -0.25) is 9.48 Å². The van der Waals surface area contributed by atoms with Crippen LogP contribution in [0.3, 0.4) is 0 Å². The zero-order chi connectivity index (χ0) is 22.9. The molecule has 0 aliphatic heterocycles. The normalized spacial score (nSPS) is 11.1. The molecule has 7 nitrogen and oxygen atoms in total. The van der Waals surface area contributed by atoms with E-state index in [0.29, 0.717) is 35.7 Å². The van der Waals surface area contributed by atoms with Gasteiger partial charge >= 0.3 is 0 Å². The van der Waals surface area contributed by atoms with Crippen LogP contribution >= 0.6 is 0 Å². The first-order valence-electron chi connectivity index (χ1n) is 10.1. The Hall–Kier alpha value is -4.07. The van der Waals surface area contributed by atoms with Gasteiger partial charge in [0.1, 0.15) is 11.9 Å². The van der Waals surface area contributed by atoms with E-state index in [1.165, 1.54) is 0 Å². The maximum atomic E-state index is 12.8. The van der Waals surface area contributed by atoms with Crippen LogP contribution < -0.4 is 10.1 Å². The van der Waals surface area contributed by atoms with E-state index in [-0.39, 0.29) is 12.0 Å². The van der Waals surface area contributed by atoms with Gasteiger partial charge < -0.3 is 14.8 Å². The second-order valence-corrected chi connectivity index (χ2v) is 7.24. The number of nitrogens with zero attached hydrogens (tertiary/aromatic N) is 3. The number of methoxy groups -OCH3 is 1. The molecule has 0 spiro atoms. The number of amides is 1. The van der Waals surface area contributed by atoms with E-state index in [2.05, 4.69) is 28.3 Å². The van der Waals surface area contributed by atoms with E-state index in [4.69, 9.17) is 14.7 Å². The minimum absolute atomic E-state index is 0.197. The SMILES string of the molecule is COC[C@H](C)Oc1cc(C#Cc2cccc(CC#N)c2)cc(C(=O)Nc2ccn(C)n2)c1. The molecular weight excluding hydrogens is 404 g/mol. The molecule has 7 heteroatoms. The molecule has 1 aromatic heterocycles. The second-order valence-electron chi connectivity index (χ2n) is 7.24. The summed E-state index contributed by atoms with van der Waals surface area (Å²) < 4.78 is 12.7. The van der Waals surface area contributed by atoms with Crippen LogP contribution in [0.1, 0.15) is 34.0 Å². The first-order chi connectivity index (χ1) is 15.5. The predicted molar refractivity (Wildman–Crippen MR) is 121 cm³/mol. The highest BCUT2D eigenvalue weighted by Gasteiger charge is 2.12. The zero-order valence-electron chi connectivity index (χ0n) is 18.3. The number of nitriles is 1. The van der Waals surface area contributed by atoms with Gasteiger partial charge in [0.15, 0.2) is 5.82 Å². The number of aryl methyl sites for hydroxylation is 1. The maximum absolute atomic E-state index is 12.8. The van der Waals surface area contributed by atoms with Crippen molar-refractivity contribution in [3.05, 3.63) is 77.0 Å². The molecule has 0 saturated carbocycles. The number of ether oxygens (including phenoxy) is 2. The Kier molecular flexibility index (Phi) is 7.64. The molecule has 1 N–H and O–H groups in total. The number of nitrogens with one attached hydrogen (secondary N) is 1. The van der Waals surface area contributed by atoms with E-state index in [1.54, 1.807) is 49.3 Å². The highest BCUT2D eigenvalue weighted by atomic mass is 16.5. The van der Waals surface area contributed by atoms with E-state index < -0.39 is 0 Å². The highest BCUT2D eigenvalue weighted by molar-refractivity contribution is 6.04. The summed E-state index contributed by atoms with van der Waals surface area (Å²) >= 11 is 0. The molecule has 0 unspecified atom stereocenters. The second kappa shape index (κ2) is 10.8. The van der Waals surface area contributed by atoms with Crippen molar-refractivity contribution in [2.45, 2.75) is 19.4 Å². The Labute approximate surface area is 187 Å². The monoisotopic (exact) mass is 428 g/mol. The van der Waals surface area contributed by atoms with Crippen LogP contribution in [0, 0.1) is 23.2 Å². The first-order valence-corrected chi connectivity index (χ1v) is 10.1. The molecule has 1 amide bonds. The molecule has 162 valence electrons. The lowest BCUT2D eigenvalue weighted by molar-refractivity contribution is 0.0917. The quantitative estimate of drug-likeness (QED) is 0.582. The van der Waals surface area contributed by atoms with Gasteiger partial charge in [0.25, 0.3) is 5.91 Å². The van der Waals surface area contributed by atoms with Crippen LogP contribution in [-0.4, -0.2) is 35.5 Å². The summed E-state index contributed by atoms with van der Waals surface area (Å²) in [6, 6.07) is 16.5. The van der Waals surface area contributed by atoms with Crippen molar-refractivity contribution in [1.82, 2.24) is 9.78 Å². The topological polar surface area (TPSA) is 89.2 Å². The average molecular weight is 428 g/mol. The van der Waals surface area contributed by atoms with Crippen molar-refractivity contribution in [3.8, 4) is 23.7 Å². The number of rotatable bonds is 7. The number of hydrogen-bond donors (Lipinski definition) is 1. The molecule has 1 atom stereocenters. The summed E-state index contributed by atoms with van der Waals surface area (Å²) in [5.74, 6) is 6.86. The third kappa shape index (κ3) is 6.46. The van der Waals surface area contributed by atoms with Gasteiger partial charge in [0, 0.05) is 43.1 Å². The fourth-order valence-corrected chi connectivity index (χ4v) is 3.04. The van der Waals surface area contributed by atoms with E-state index in [9.17, 15) is 4.79 Å². The fourth-order valence-electron chi connectivity index (χ4n) is 3.04. The van der Waals surface area contributed by atoms with Gasteiger partial charge in [-0.05, 0) is 42.8 Å². The molecule has 0 fully saturated rings. The lowest BCUT2D eigenvalue weighted by Gasteiger charge is -2.15. The number of carbonyl (C=O) groups is 1. The molecule has 3 aromatic rings. The van der Waals surface area contributed by atoms with Crippen LogP contribution in [0.2, 0.25) is 0 Å². The number of carbonyl (C=O) groups excluding carboxylic acids is 1. The molecular formula is C25H24N4O3. The molecule has 1 heterocycles. The molecule has 32 heavy (non-hydrogen) atoms. The third-order valence-corrected chi connectivity index (χ3v) is 4.42. The fraction of sp³-hybridized carbons (Fsp3) is 0.240. The summed E-state index contributed by atoms with van der Waals surface area (Å²) in [6.07, 6.45) is 1.88. The van der Waals surface area contributed by atoms with Crippen molar-refractivity contribution in [2.75, 3.05) is 19.0 Å². The average Bonchev–Trinajstić information content (AvgIpc) is 3.17. The zero-order valence-corrected chi connectivity index (χ0v) is 18.3. The van der Waals surface area contributed by atoms with Crippen molar-refractivity contribution in [3.63, 3.8) is 0 Å². The molecule has 0 aliphatic rings. The summed E-state index contributed by atoms with van der Waals surface area (Å²) in [5, 5.41) is 15.9. The predicted octanol–water partition coefficient (Wildman–Crippen LogP) is 3.55. The maximum Gasteiger partial charge on any atom is 0.257 e. The van der Waals surface area contributed by atoms with Crippen molar-refractivity contribution in [2.24, 2.45) is 7.05 Å². The summed E-state index contributed by atoms with van der Waals surface area (Å²) in [6.45, 7) is 2.30. The van der Waals surface area contributed by atoms with Crippen LogP contribution in [-0.2, 0) is 18.2 Å². The molecule has 0 aliphatic carbocycles. The lowest BCUT2D eigenvalue weighted by Crippen LogP contribution is -2.19. The minimum Gasteiger partial charge on any atom is -0.488 e. The molecule has 0 bridgehead atoms. The lowest BCUT2D eigenvalue weighted by atomic mass is 10.1. The summed E-state index contributed by atoms with van der Waals surface area (Å²) in [5.41, 5.74) is 2.72. The van der Waals surface area contributed by atoms with Gasteiger partial charge in [-0.25, -0.2) is 0 Å². The Morgan fingerprint density at radius 1 is 1.19 bits per heavy atom. The van der Waals surface area contributed by atoms with Crippen LogP contribution in [0.25, 0.3) is 0 Å². The Morgan fingerprint density at radius 2 is 2.00 bits per heavy atom. The van der Waals surface area contributed by atoms with Crippen LogP contribution in [0.5, 0.6) is 5.75 Å². The van der Waals surface area contributed by atoms with Gasteiger partial charge in [-0.15, -0.1) is 0 Å². The Morgan fingerprint density at radius 3 is 2.72 bits per heavy atom. The smallest absolute Gasteiger partial charge is 0.257 e. The van der Waals surface area contributed by atoms with Crippen LogP contribution in [0.15, 0.2) is 54.7 Å². The Balaban J connectivity index is 1.90. The van der Waals surface area contributed by atoms with Crippen molar-refractivity contribution >= 4 is 11.7 Å². The summed E-state index contributed by atoms with van der Waals surface area (Å²) in [7, 11) is 3.38. The van der Waals surface area contributed by atoms with Crippen molar-refractivity contribution < 1.29 is 14.3 Å². The molecule has 2 aromatic carbocycles. The number of hydrogen-bond acceptors (Lipinski definition) is 5. The van der Waals surface area contributed by atoms with Gasteiger partial charge in [0.05, 0.1) is 19.1 Å². The molecule has 0 radical (unpaired) electrons. The largest absolute Gasteiger partial charge is 0.488 e. The van der Waals surface area contributed by atoms with Crippen molar-refractivity contribution in [1.29, 1.82) is 5.26 Å². The van der Waals surface area contributed by atoms with E-state index in [1.807, 2.05) is 31.2 Å².